The lowest BCUT2D eigenvalue weighted by Gasteiger charge is -1.84. The van der Waals surface area contributed by atoms with E-state index >= 15 is 0 Å². The van der Waals surface area contributed by atoms with E-state index in [1.165, 1.54) is 6.08 Å². The van der Waals surface area contributed by atoms with Crippen LogP contribution in [-0.2, 0) is 4.79 Å². The largest absolute Gasteiger partial charge is 0.366 e. The summed E-state index contributed by atoms with van der Waals surface area (Å²) in [4.78, 5) is 10.3. The molecule has 0 aromatic carbocycles. The molecule has 0 aliphatic heterocycles. The Balaban J connectivity index is 2.79. The highest BCUT2D eigenvalue weighted by Crippen LogP contribution is 2.13. The molecule has 4 nitrogen and oxygen atoms in total. The Morgan fingerprint density at radius 1 is 1.82 bits per heavy atom. The Bertz CT molecular complexity index is 292. The fraction of sp³-hybridized carbons (Fsp3) is 0. The number of aromatic amines is 1. The number of primary amides is 1. The van der Waals surface area contributed by atoms with E-state index < -0.39 is 5.91 Å². The molecule has 0 saturated carbocycles. The Labute approximate surface area is 71.6 Å². The van der Waals surface area contributed by atoms with Crippen molar-refractivity contribution in [1.29, 1.82) is 0 Å². The molecular formula is C6H6BrN3O. The van der Waals surface area contributed by atoms with Crippen LogP contribution in [0, 0.1) is 0 Å². The van der Waals surface area contributed by atoms with Crippen LogP contribution < -0.4 is 5.73 Å². The molecule has 0 bridgehead atoms. The van der Waals surface area contributed by atoms with E-state index in [-0.39, 0.29) is 0 Å². The van der Waals surface area contributed by atoms with Crippen LogP contribution in [0.3, 0.4) is 0 Å². The Morgan fingerprint density at radius 3 is 3.00 bits per heavy atom. The zero-order valence-electron chi connectivity index (χ0n) is 5.54. The number of carbonyl (C=O) groups is 1. The minimum absolute atomic E-state index is 0.480. The summed E-state index contributed by atoms with van der Waals surface area (Å²) in [6, 6.07) is 0. The van der Waals surface area contributed by atoms with Gasteiger partial charge in [0.05, 0.1) is 16.4 Å². The number of nitrogens with one attached hydrogen (secondary N) is 1. The van der Waals surface area contributed by atoms with Crippen LogP contribution in [0.2, 0.25) is 0 Å². The highest BCUT2D eigenvalue weighted by molar-refractivity contribution is 9.10. The third kappa shape index (κ3) is 2.19. The van der Waals surface area contributed by atoms with Gasteiger partial charge < -0.3 is 5.73 Å². The Kier molecular flexibility index (Phi) is 2.43. The van der Waals surface area contributed by atoms with Gasteiger partial charge in [0.25, 0.3) is 0 Å². The van der Waals surface area contributed by atoms with Gasteiger partial charge in [0.1, 0.15) is 0 Å². The van der Waals surface area contributed by atoms with Gasteiger partial charge in [-0.1, -0.05) is 0 Å². The molecule has 0 radical (unpaired) electrons. The molecule has 3 N–H and O–H groups in total. The summed E-state index contributed by atoms with van der Waals surface area (Å²) in [5.74, 6) is -0.480. The molecule has 11 heavy (non-hydrogen) atoms. The minimum Gasteiger partial charge on any atom is -0.366 e. The van der Waals surface area contributed by atoms with Crippen LogP contribution >= 0.6 is 15.9 Å². The first-order chi connectivity index (χ1) is 5.20. The maximum absolute atomic E-state index is 10.3. The normalized spacial score (nSPS) is 10.6. The first kappa shape index (κ1) is 8.00. The van der Waals surface area contributed by atoms with Gasteiger partial charge in [0.15, 0.2) is 0 Å². The van der Waals surface area contributed by atoms with Crippen LogP contribution in [0.4, 0.5) is 0 Å². The maximum atomic E-state index is 10.3. The average molecular weight is 216 g/mol. The molecule has 1 aromatic rings. The average Bonchev–Trinajstić information content (AvgIpc) is 2.31. The second-order valence-corrected chi connectivity index (χ2v) is 2.72. The number of aromatic nitrogens is 2. The van der Waals surface area contributed by atoms with Crippen LogP contribution in [0.25, 0.3) is 6.08 Å². The lowest BCUT2D eigenvalue weighted by molar-refractivity contribution is -0.113. The van der Waals surface area contributed by atoms with Crippen molar-refractivity contribution in [2.75, 3.05) is 0 Å². The molecule has 1 heterocycles. The SMILES string of the molecule is NC(=O)/C=C/c1[nH]ncc1Br. The molecule has 0 spiro atoms. The summed E-state index contributed by atoms with van der Waals surface area (Å²) in [5, 5.41) is 6.39. The van der Waals surface area contributed by atoms with Crippen molar-refractivity contribution < 1.29 is 4.79 Å². The van der Waals surface area contributed by atoms with Gasteiger partial charge in [0, 0.05) is 6.08 Å². The van der Waals surface area contributed by atoms with Crippen molar-refractivity contribution in [3.8, 4) is 0 Å². The summed E-state index contributed by atoms with van der Waals surface area (Å²) in [5.41, 5.74) is 5.61. The lowest BCUT2D eigenvalue weighted by Crippen LogP contribution is -2.05. The van der Waals surface area contributed by atoms with Crippen molar-refractivity contribution in [2.45, 2.75) is 0 Å². The number of nitrogens with zero attached hydrogens (tertiary/aromatic N) is 1. The molecule has 58 valence electrons. The molecule has 0 unspecified atom stereocenters. The van der Waals surface area contributed by atoms with Gasteiger partial charge in [0.2, 0.25) is 5.91 Å². The summed E-state index contributed by atoms with van der Waals surface area (Å²) < 4.78 is 0.801. The first-order valence-corrected chi connectivity index (χ1v) is 3.66. The lowest BCUT2D eigenvalue weighted by atomic mass is 10.4. The Hall–Kier alpha value is -1.10. The van der Waals surface area contributed by atoms with Crippen LogP contribution in [0.15, 0.2) is 16.7 Å². The van der Waals surface area contributed by atoms with E-state index in [2.05, 4.69) is 26.1 Å². The molecule has 0 atom stereocenters. The molecular weight excluding hydrogens is 210 g/mol. The van der Waals surface area contributed by atoms with Gasteiger partial charge in [-0.2, -0.15) is 5.10 Å². The van der Waals surface area contributed by atoms with Crippen LogP contribution in [-0.4, -0.2) is 16.1 Å². The molecule has 0 aliphatic rings. The summed E-state index contributed by atoms with van der Waals surface area (Å²) >= 11 is 3.22. The van der Waals surface area contributed by atoms with E-state index in [0.717, 1.165) is 10.2 Å². The number of rotatable bonds is 2. The smallest absolute Gasteiger partial charge is 0.241 e. The van der Waals surface area contributed by atoms with E-state index in [0.29, 0.717) is 0 Å². The topological polar surface area (TPSA) is 71.8 Å². The van der Waals surface area contributed by atoms with Gasteiger partial charge in [-0.15, -0.1) is 0 Å². The Morgan fingerprint density at radius 2 is 2.55 bits per heavy atom. The van der Waals surface area contributed by atoms with Gasteiger partial charge >= 0.3 is 0 Å². The van der Waals surface area contributed by atoms with Gasteiger partial charge in [-0.05, 0) is 22.0 Å². The number of hydrogen-bond acceptors (Lipinski definition) is 2. The predicted molar refractivity (Wildman–Crippen MR) is 44.5 cm³/mol. The number of nitrogens with two attached hydrogens (primary N) is 1. The zero-order chi connectivity index (χ0) is 8.27. The van der Waals surface area contributed by atoms with Crippen molar-refractivity contribution in [3.63, 3.8) is 0 Å². The van der Waals surface area contributed by atoms with Crippen molar-refractivity contribution in [3.05, 3.63) is 22.4 Å². The number of halogens is 1. The van der Waals surface area contributed by atoms with E-state index in [9.17, 15) is 4.79 Å². The predicted octanol–water partition coefficient (Wildman–Crippen LogP) is 0.671. The van der Waals surface area contributed by atoms with Crippen LogP contribution in [0.5, 0.6) is 0 Å². The van der Waals surface area contributed by atoms with Gasteiger partial charge in [-0.25, -0.2) is 0 Å². The monoisotopic (exact) mass is 215 g/mol. The number of carbonyl (C=O) groups excluding carboxylic acids is 1. The second-order valence-electron chi connectivity index (χ2n) is 1.87. The summed E-state index contributed by atoms with van der Waals surface area (Å²) in [6.45, 7) is 0. The standard InChI is InChI=1S/C6H6BrN3O/c7-4-3-9-10-5(4)1-2-6(8)11/h1-3H,(H2,8,11)(H,9,10)/b2-1+. The number of hydrogen-bond donors (Lipinski definition) is 2. The van der Waals surface area contributed by atoms with Crippen LogP contribution in [0.1, 0.15) is 5.69 Å². The summed E-state index contributed by atoms with van der Waals surface area (Å²) in [6.07, 6.45) is 4.42. The molecule has 0 aliphatic carbocycles. The third-order valence-electron chi connectivity index (χ3n) is 1.03. The molecule has 1 rings (SSSR count). The quantitative estimate of drug-likeness (QED) is 0.713. The first-order valence-electron chi connectivity index (χ1n) is 2.86. The van der Waals surface area contributed by atoms with E-state index in [1.54, 1.807) is 12.3 Å². The highest BCUT2D eigenvalue weighted by Gasteiger charge is 1.95. The fourth-order valence-corrected chi connectivity index (χ4v) is 0.887. The molecule has 0 saturated heterocycles. The fourth-order valence-electron chi connectivity index (χ4n) is 0.564. The molecule has 1 aromatic heterocycles. The molecule has 0 fully saturated rings. The zero-order valence-corrected chi connectivity index (χ0v) is 7.13. The maximum Gasteiger partial charge on any atom is 0.241 e. The van der Waals surface area contributed by atoms with Gasteiger partial charge in [-0.3, -0.25) is 9.89 Å². The molecule has 5 heteroatoms. The minimum atomic E-state index is -0.480. The second kappa shape index (κ2) is 3.34. The summed E-state index contributed by atoms with van der Waals surface area (Å²) in [7, 11) is 0. The molecule has 1 amide bonds. The number of H-pyrrole nitrogens is 1. The highest BCUT2D eigenvalue weighted by atomic mass is 79.9. The number of amides is 1. The van der Waals surface area contributed by atoms with E-state index in [4.69, 9.17) is 5.73 Å². The third-order valence-corrected chi connectivity index (χ3v) is 1.67. The van der Waals surface area contributed by atoms with Crippen molar-refractivity contribution in [1.82, 2.24) is 10.2 Å². The van der Waals surface area contributed by atoms with Crippen molar-refractivity contribution in [2.24, 2.45) is 5.73 Å². The van der Waals surface area contributed by atoms with E-state index in [1.807, 2.05) is 0 Å². The van der Waals surface area contributed by atoms with Crippen molar-refractivity contribution >= 4 is 27.9 Å².